The van der Waals surface area contributed by atoms with Crippen LogP contribution in [0.25, 0.3) is 5.70 Å². The number of hydrogen-bond donors (Lipinski definition) is 1. The van der Waals surface area contributed by atoms with Crippen LogP contribution in [0.1, 0.15) is 11.1 Å². The van der Waals surface area contributed by atoms with Crippen molar-refractivity contribution in [1.82, 2.24) is 10.2 Å². The molecular formula is C13H7Cl6N3. The Morgan fingerprint density at radius 3 is 2.00 bits per heavy atom. The van der Waals surface area contributed by atoms with Crippen LogP contribution in [-0.4, -0.2) is 12.6 Å². The van der Waals surface area contributed by atoms with Gasteiger partial charge in [0.1, 0.15) is 0 Å². The molecule has 2 rings (SSSR count). The first kappa shape index (κ1) is 17.9. The van der Waals surface area contributed by atoms with Crippen LogP contribution in [0.15, 0.2) is 42.4 Å². The molecule has 1 aliphatic heterocycles. The van der Waals surface area contributed by atoms with Crippen LogP contribution < -0.4 is 5.32 Å². The van der Waals surface area contributed by atoms with E-state index in [0.717, 1.165) is 5.56 Å². The summed E-state index contributed by atoms with van der Waals surface area (Å²) in [7, 11) is 0. The number of nitrogens with one attached hydrogen (secondary N) is 1. The molecule has 0 bridgehead atoms. The van der Waals surface area contributed by atoms with Crippen molar-refractivity contribution >= 4 is 75.3 Å². The molecule has 0 spiro atoms. The number of halogens is 6. The summed E-state index contributed by atoms with van der Waals surface area (Å²) in [6, 6.07) is 8.81. The highest BCUT2D eigenvalue weighted by Gasteiger charge is 2.35. The van der Waals surface area contributed by atoms with Crippen molar-refractivity contribution in [2.45, 2.75) is 7.71 Å². The van der Waals surface area contributed by atoms with Crippen molar-refractivity contribution < 1.29 is 0 Å². The number of benzene rings is 1. The molecule has 1 heterocycles. The third-order valence-electron chi connectivity index (χ3n) is 2.73. The van der Waals surface area contributed by atoms with Gasteiger partial charge in [0, 0.05) is 12.4 Å². The van der Waals surface area contributed by atoms with Crippen molar-refractivity contribution in [3.63, 3.8) is 0 Å². The molecule has 0 fully saturated rings. The minimum atomic E-state index is -1.75. The number of nitrogens with zero attached hydrogens (tertiary/aromatic N) is 2. The molecule has 3 nitrogen and oxygen atoms in total. The molecule has 1 aromatic rings. The normalized spacial score (nSPS) is 15.6. The van der Waals surface area contributed by atoms with Crippen molar-refractivity contribution in [3.05, 3.63) is 53.5 Å². The fourth-order valence-electron chi connectivity index (χ4n) is 1.69. The maximum atomic E-state index is 8.83. The van der Waals surface area contributed by atoms with Gasteiger partial charge in [0.2, 0.25) is 3.79 Å². The molecule has 0 aliphatic carbocycles. The zero-order chi connectivity index (χ0) is 16.5. The van der Waals surface area contributed by atoms with Crippen LogP contribution in [0.3, 0.4) is 0 Å². The Morgan fingerprint density at radius 1 is 0.955 bits per heavy atom. The summed E-state index contributed by atoms with van der Waals surface area (Å²) >= 11 is 35.4. The van der Waals surface area contributed by atoms with Crippen molar-refractivity contribution in [1.29, 1.82) is 5.26 Å². The average Bonchev–Trinajstić information content (AvgIpc) is 2.45. The molecule has 1 N–H and O–H groups in total. The molecule has 0 radical (unpaired) electrons. The van der Waals surface area contributed by atoms with E-state index in [9.17, 15) is 0 Å². The monoisotopic (exact) mass is 415 g/mol. The largest absolute Gasteiger partial charge is 0.352 e. The molecule has 9 heteroatoms. The fourth-order valence-corrected chi connectivity index (χ4v) is 2.27. The number of nitriles is 1. The number of alkyl halides is 6. The topological polar surface area (TPSA) is 39.1 Å². The average molecular weight is 418 g/mol. The highest BCUT2D eigenvalue weighted by atomic mass is 35.6. The molecular weight excluding hydrogens is 411 g/mol. The Hall–Kier alpha value is -0.470. The van der Waals surface area contributed by atoms with Gasteiger partial charge in [-0.05, 0) is 17.7 Å². The van der Waals surface area contributed by atoms with Gasteiger partial charge >= 0.3 is 0 Å². The minimum Gasteiger partial charge on any atom is -0.352 e. The molecule has 0 unspecified atom stereocenters. The van der Waals surface area contributed by atoms with Gasteiger partial charge in [0.05, 0.1) is 23.0 Å². The van der Waals surface area contributed by atoms with Gasteiger partial charge in [-0.2, -0.15) is 5.26 Å². The summed E-state index contributed by atoms with van der Waals surface area (Å²) in [5.41, 5.74) is 2.04. The first-order valence-electron chi connectivity index (χ1n) is 5.75. The molecule has 0 amide bonds. The number of allylic oxidation sites excluding steroid dienone is 1. The van der Waals surface area contributed by atoms with Crippen LogP contribution in [0.5, 0.6) is 0 Å². The van der Waals surface area contributed by atoms with Crippen LogP contribution >= 0.6 is 69.6 Å². The van der Waals surface area contributed by atoms with Gasteiger partial charge in [0.15, 0.2) is 0 Å². The molecule has 0 saturated heterocycles. The Morgan fingerprint density at radius 2 is 1.55 bits per heavy atom. The number of hydrogen-bond acceptors (Lipinski definition) is 3. The first-order valence-corrected chi connectivity index (χ1v) is 8.01. The van der Waals surface area contributed by atoms with Gasteiger partial charge in [-0.25, -0.2) is 0 Å². The van der Waals surface area contributed by atoms with E-state index in [1.54, 1.807) is 30.5 Å². The smallest absolute Gasteiger partial charge is 0.271 e. The molecule has 22 heavy (non-hydrogen) atoms. The summed E-state index contributed by atoms with van der Waals surface area (Å²) < 4.78 is -3.47. The van der Waals surface area contributed by atoms with Crippen LogP contribution in [0, 0.1) is 11.3 Å². The minimum absolute atomic E-state index is 0.227. The summed E-state index contributed by atoms with van der Waals surface area (Å²) in [5.74, 6) is 0. The zero-order valence-electron chi connectivity index (χ0n) is 10.6. The van der Waals surface area contributed by atoms with Crippen molar-refractivity contribution in [2.24, 2.45) is 0 Å². The lowest BCUT2D eigenvalue weighted by atomic mass is 10.1. The lowest BCUT2D eigenvalue weighted by Gasteiger charge is -2.33. The van der Waals surface area contributed by atoms with Gasteiger partial charge in [-0.1, -0.05) is 81.7 Å². The third-order valence-corrected chi connectivity index (χ3v) is 3.93. The van der Waals surface area contributed by atoms with E-state index in [-0.39, 0.29) is 5.70 Å². The molecule has 0 aromatic heterocycles. The van der Waals surface area contributed by atoms with E-state index in [1.807, 2.05) is 6.07 Å². The molecule has 1 aliphatic rings. The Bertz CT molecular complexity index is 661. The maximum Gasteiger partial charge on any atom is 0.271 e. The van der Waals surface area contributed by atoms with Gasteiger partial charge in [-0.15, -0.1) is 0 Å². The standard InChI is InChI=1S/C13H7Cl6N3/c14-12(15,16)11-7-22(13(17,18)19)6-10(21-11)9-3-1-8(5-20)2-4-9/h1-4,6-7,21H. The van der Waals surface area contributed by atoms with E-state index in [0.29, 0.717) is 11.3 Å². The van der Waals surface area contributed by atoms with E-state index >= 15 is 0 Å². The van der Waals surface area contributed by atoms with E-state index in [4.69, 9.17) is 74.9 Å². The second kappa shape index (κ2) is 6.57. The van der Waals surface area contributed by atoms with Crippen LogP contribution in [0.2, 0.25) is 0 Å². The van der Waals surface area contributed by atoms with Crippen LogP contribution in [0.4, 0.5) is 0 Å². The van der Waals surface area contributed by atoms with E-state index < -0.39 is 7.71 Å². The Balaban J connectivity index is 2.42. The highest BCUT2D eigenvalue weighted by molar-refractivity contribution is 6.69. The SMILES string of the molecule is N#Cc1ccc(C2=CN(C(Cl)(Cl)Cl)C=C(C(Cl)(Cl)Cl)N2)cc1. The van der Waals surface area contributed by atoms with Gasteiger partial charge in [-0.3, -0.25) is 0 Å². The third kappa shape index (κ3) is 4.29. The van der Waals surface area contributed by atoms with Crippen molar-refractivity contribution in [2.75, 3.05) is 0 Å². The second-order valence-electron chi connectivity index (χ2n) is 4.27. The summed E-state index contributed by atoms with van der Waals surface area (Å²) in [6.45, 7) is 0. The predicted molar refractivity (Wildman–Crippen MR) is 92.8 cm³/mol. The molecule has 116 valence electrons. The maximum absolute atomic E-state index is 8.83. The summed E-state index contributed by atoms with van der Waals surface area (Å²) in [5, 5.41) is 11.8. The molecule has 1 aromatic carbocycles. The Labute approximate surface area is 157 Å². The summed E-state index contributed by atoms with van der Waals surface area (Å²) in [6.07, 6.45) is 2.96. The highest BCUT2D eigenvalue weighted by Crippen LogP contribution is 2.40. The van der Waals surface area contributed by atoms with Gasteiger partial charge in [0.25, 0.3) is 3.92 Å². The zero-order valence-corrected chi connectivity index (χ0v) is 15.2. The molecule has 0 saturated carbocycles. The predicted octanol–water partition coefficient (Wildman–Crippen LogP) is 5.30. The second-order valence-corrected chi connectivity index (χ2v) is 8.78. The fraction of sp³-hybridized carbons (Fsp3) is 0.154. The lowest BCUT2D eigenvalue weighted by molar-refractivity contribution is 0.502. The molecule has 0 atom stereocenters. The lowest BCUT2D eigenvalue weighted by Crippen LogP contribution is -2.35. The van der Waals surface area contributed by atoms with Crippen LogP contribution in [-0.2, 0) is 0 Å². The quantitative estimate of drug-likeness (QED) is 0.497. The van der Waals surface area contributed by atoms with E-state index in [2.05, 4.69) is 5.32 Å². The van der Waals surface area contributed by atoms with Gasteiger partial charge < -0.3 is 10.2 Å². The van der Waals surface area contributed by atoms with E-state index in [1.165, 1.54) is 11.1 Å². The first-order chi connectivity index (χ1) is 10.1. The summed E-state index contributed by atoms with van der Waals surface area (Å²) in [4.78, 5) is 1.29. The number of rotatable bonds is 1. The van der Waals surface area contributed by atoms with Crippen molar-refractivity contribution in [3.8, 4) is 6.07 Å². The Kier molecular flexibility index (Phi) is 5.34.